The molecule has 2 rings (SSSR count). The summed E-state index contributed by atoms with van der Waals surface area (Å²) in [5, 5.41) is 0. The summed E-state index contributed by atoms with van der Waals surface area (Å²) in [6, 6.07) is 5.55. The quantitative estimate of drug-likeness (QED) is 0.758. The molecule has 0 spiro atoms. The van der Waals surface area contributed by atoms with Gasteiger partial charge in [0.15, 0.2) is 11.5 Å². The molecule has 1 aliphatic heterocycles. The Morgan fingerprint density at radius 3 is 2.08 bits per heavy atom. The van der Waals surface area contributed by atoms with E-state index in [2.05, 4.69) is 0 Å². The lowest BCUT2D eigenvalue weighted by molar-refractivity contribution is 0.00578. The van der Waals surface area contributed by atoms with E-state index in [-0.39, 0.29) is 5.73 Å². The highest BCUT2D eigenvalue weighted by Crippen LogP contribution is 2.39. The van der Waals surface area contributed by atoms with Crippen molar-refractivity contribution in [2.24, 2.45) is 0 Å². The molecule has 0 unspecified atom stereocenters. The van der Waals surface area contributed by atoms with Crippen molar-refractivity contribution < 1.29 is 23.2 Å². The molecule has 0 atom stereocenters. The highest BCUT2D eigenvalue weighted by atomic mass is 19.1. The molecule has 0 saturated carbocycles. The van der Waals surface area contributed by atoms with Gasteiger partial charge in [0.05, 0.1) is 25.4 Å². The monoisotopic (exact) mass is 336 g/mol. The van der Waals surface area contributed by atoms with Crippen LogP contribution < -0.4 is 9.47 Å². The Kier molecular flexibility index (Phi) is 5.30. The fourth-order valence-corrected chi connectivity index (χ4v) is 2.53. The second kappa shape index (κ2) is 6.77. The Hall–Kier alpha value is -1.53. The smallest absolute Gasteiger partial charge is 0.493 e. The Bertz CT molecular complexity index is 624. The summed E-state index contributed by atoms with van der Waals surface area (Å²) >= 11 is 0. The van der Waals surface area contributed by atoms with Crippen LogP contribution in [0.4, 0.5) is 4.39 Å². The first kappa shape index (κ1) is 18.8. The minimum atomic E-state index is -0.963. The molecule has 0 aliphatic carbocycles. The van der Waals surface area contributed by atoms with Gasteiger partial charge in [-0.25, -0.2) is 4.39 Å². The number of methoxy groups -OCH3 is 2. The molecule has 0 N–H and O–H groups in total. The zero-order valence-corrected chi connectivity index (χ0v) is 15.5. The largest absolute Gasteiger partial charge is 0.525 e. The lowest BCUT2D eigenvalue weighted by Gasteiger charge is -2.32. The van der Waals surface area contributed by atoms with E-state index in [1.54, 1.807) is 21.1 Å². The van der Waals surface area contributed by atoms with Crippen molar-refractivity contribution in [1.82, 2.24) is 0 Å². The molecule has 1 heterocycles. The zero-order valence-electron chi connectivity index (χ0n) is 15.5. The number of rotatable bonds is 5. The summed E-state index contributed by atoms with van der Waals surface area (Å²) in [5.74, 6) is 1.27. The molecule has 0 bridgehead atoms. The lowest BCUT2D eigenvalue weighted by Crippen LogP contribution is -2.41. The maximum atomic E-state index is 14.8. The van der Waals surface area contributed by atoms with Crippen LogP contribution in [0.2, 0.25) is 0 Å². The van der Waals surface area contributed by atoms with Crippen LogP contribution in [0.15, 0.2) is 29.5 Å². The molecule has 132 valence electrons. The van der Waals surface area contributed by atoms with E-state index < -0.39 is 18.3 Å². The Balaban J connectivity index is 2.19. The zero-order chi connectivity index (χ0) is 18.1. The van der Waals surface area contributed by atoms with Crippen molar-refractivity contribution in [2.75, 3.05) is 14.2 Å². The van der Waals surface area contributed by atoms with Crippen molar-refractivity contribution in [3.63, 3.8) is 0 Å². The van der Waals surface area contributed by atoms with Crippen LogP contribution in [0.25, 0.3) is 0 Å². The highest BCUT2D eigenvalue weighted by Gasteiger charge is 2.53. The predicted octanol–water partition coefficient (Wildman–Crippen LogP) is 4.12. The maximum absolute atomic E-state index is 14.8. The van der Waals surface area contributed by atoms with E-state index in [0.29, 0.717) is 23.5 Å². The van der Waals surface area contributed by atoms with Gasteiger partial charge >= 0.3 is 7.12 Å². The molecule has 1 aromatic rings. The Labute approximate surface area is 144 Å². The lowest BCUT2D eigenvalue weighted by atomic mass is 9.83. The van der Waals surface area contributed by atoms with Gasteiger partial charge in [-0.15, -0.1) is 0 Å². The summed E-state index contributed by atoms with van der Waals surface area (Å²) in [5.41, 5.74) is 0.0121. The number of halogens is 1. The van der Waals surface area contributed by atoms with E-state index in [1.807, 2.05) is 45.9 Å². The average molecular weight is 336 g/mol. The van der Waals surface area contributed by atoms with E-state index in [0.717, 1.165) is 5.56 Å². The number of hydrogen-bond acceptors (Lipinski definition) is 4. The first-order valence-corrected chi connectivity index (χ1v) is 8.03. The first-order chi connectivity index (χ1) is 11.1. The molecular weight excluding hydrogens is 310 g/mol. The fourth-order valence-electron chi connectivity index (χ4n) is 2.53. The van der Waals surface area contributed by atoms with Crippen LogP contribution in [-0.2, 0) is 15.7 Å². The molecule has 0 radical (unpaired) electrons. The Morgan fingerprint density at radius 2 is 1.58 bits per heavy atom. The topological polar surface area (TPSA) is 36.9 Å². The molecular formula is C18H26BFO4. The number of benzene rings is 1. The van der Waals surface area contributed by atoms with Gasteiger partial charge in [-0.2, -0.15) is 0 Å². The molecule has 1 aromatic carbocycles. The molecule has 1 aliphatic rings. The number of hydrogen-bond donors (Lipinski definition) is 0. The average Bonchev–Trinajstić information content (AvgIpc) is 2.74. The van der Waals surface area contributed by atoms with Gasteiger partial charge < -0.3 is 18.8 Å². The normalized spacial score (nSPS) is 19.9. The van der Waals surface area contributed by atoms with E-state index in [9.17, 15) is 4.39 Å². The molecule has 0 amide bonds. The van der Waals surface area contributed by atoms with Crippen molar-refractivity contribution >= 4 is 7.12 Å². The van der Waals surface area contributed by atoms with Crippen LogP contribution in [0.1, 0.15) is 40.2 Å². The molecule has 0 aromatic heterocycles. The third kappa shape index (κ3) is 3.60. The molecule has 1 saturated heterocycles. The van der Waals surface area contributed by atoms with Crippen molar-refractivity contribution in [3.05, 3.63) is 35.1 Å². The van der Waals surface area contributed by atoms with Crippen molar-refractivity contribution in [1.29, 1.82) is 0 Å². The fraction of sp³-hybridized carbons (Fsp3) is 0.556. The van der Waals surface area contributed by atoms with Gasteiger partial charge in [0.25, 0.3) is 0 Å². The van der Waals surface area contributed by atoms with E-state index in [4.69, 9.17) is 18.8 Å². The molecule has 4 nitrogen and oxygen atoms in total. The second-order valence-electron chi connectivity index (χ2n) is 7.08. The second-order valence-corrected chi connectivity index (χ2v) is 7.08. The minimum absolute atomic E-state index is 0.372. The summed E-state index contributed by atoms with van der Waals surface area (Å²) < 4.78 is 36.8. The van der Waals surface area contributed by atoms with Gasteiger partial charge in [0.1, 0.15) is 5.73 Å². The van der Waals surface area contributed by atoms with Crippen molar-refractivity contribution in [3.8, 4) is 11.5 Å². The number of ether oxygens (including phenoxy) is 2. The van der Waals surface area contributed by atoms with Gasteiger partial charge in [-0.3, -0.25) is 0 Å². The van der Waals surface area contributed by atoms with E-state index >= 15 is 0 Å². The van der Waals surface area contributed by atoms with Crippen LogP contribution in [0, 0.1) is 0 Å². The third-order valence-corrected chi connectivity index (χ3v) is 4.79. The SMILES string of the molecule is COc1ccc(CC(C)=C(F)B2OC(C)(C)C(C)(C)O2)cc1OC. The maximum Gasteiger partial charge on any atom is 0.525 e. The minimum Gasteiger partial charge on any atom is -0.493 e. The van der Waals surface area contributed by atoms with Gasteiger partial charge in [-0.1, -0.05) is 6.07 Å². The third-order valence-electron chi connectivity index (χ3n) is 4.79. The van der Waals surface area contributed by atoms with Gasteiger partial charge in [0.2, 0.25) is 0 Å². The highest BCUT2D eigenvalue weighted by molar-refractivity contribution is 6.53. The number of allylic oxidation sites excluding steroid dienone is 1. The summed E-state index contributed by atoms with van der Waals surface area (Å²) in [6.45, 7) is 9.37. The van der Waals surface area contributed by atoms with Gasteiger partial charge in [0, 0.05) is 0 Å². The van der Waals surface area contributed by atoms with Crippen LogP contribution in [-0.4, -0.2) is 32.5 Å². The standard InChI is InChI=1S/C18H26BFO4/c1-12(10-13-8-9-14(21-6)15(11-13)22-7)16(20)19-23-17(2,3)18(4,5)24-19/h8-9,11H,10H2,1-7H3. The molecule has 24 heavy (non-hydrogen) atoms. The summed E-state index contributed by atoms with van der Waals surface area (Å²) in [6.07, 6.45) is 0.441. The van der Waals surface area contributed by atoms with Crippen LogP contribution in [0.3, 0.4) is 0 Å². The molecule has 6 heteroatoms. The van der Waals surface area contributed by atoms with Gasteiger partial charge in [-0.05, 0) is 64.3 Å². The Morgan fingerprint density at radius 1 is 1.04 bits per heavy atom. The van der Waals surface area contributed by atoms with Crippen LogP contribution >= 0.6 is 0 Å². The summed E-state index contributed by atoms with van der Waals surface area (Å²) in [4.78, 5) is 0. The molecule has 1 fully saturated rings. The predicted molar refractivity (Wildman–Crippen MR) is 93.1 cm³/mol. The summed E-state index contributed by atoms with van der Waals surface area (Å²) in [7, 11) is 2.20. The van der Waals surface area contributed by atoms with E-state index in [1.165, 1.54) is 0 Å². The first-order valence-electron chi connectivity index (χ1n) is 8.03. The van der Waals surface area contributed by atoms with Crippen molar-refractivity contribution in [2.45, 2.75) is 52.2 Å². The van der Waals surface area contributed by atoms with Crippen LogP contribution in [0.5, 0.6) is 11.5 Å².